The van der Waals surface area contributed by atoms with Gasteiger partial charge in [-0.2, -0.15) is 5.10 Å². The predicted molar refractivity (Wildman–Crippen MR) is 53.4 cm³/mol. The zero-order valence-electron chi connectivity index (χ0n) is 7.95. The largest absolute Gasteiger partial charge is 0.382 e. The number of carbonyl (C=O) groups excluding carboxylic acids is 1. The van der Waals surface area contributed by atoms with Gasteiger partial charge in [-0.05, 0) is 6.92 Å². The molecule has 0 saturated carbocycles. The second kappa shape index (κ2) is 4.33. The average molecular weight is 192 g/mol. The van der Waals surface area contributed by atoms with Crippen molar-refractivity contribution in [1.82, 2.24) is 15.1 Å². The van der Waals surface area contributed by atoms with Crippen LogP contribution in [0.25, 0.3) is 0 Å². The van der Waals surface area contributed by atoms with Crippen LogP contribution in [0.3, 0.4) is 0 Å². The Morgan fingerprint density at radius 3 is 3.00 bits per heavy atom. The van der Waals surface area contributed by atoms with Gasteiger partial charge in [0.15, 0.2) is 0 Å². The van der Waals surface area contributed by atoms with Crippen molar-refractivity contribution in [1.29, 1.82) is 0 Å². The molecule has 0 aliphatic carbocycles. The minimum absolute atomic E-state index is 0.186. The summed E-state index contributed by atoms with van der Waals surface area (Å²) in [4.78, 5) is 13.2. The van der Waals surface area contributed by atoms with Crippen LogP contribution in [0.4, 0.5) is 5.82 Å². The summed E-state index contributed by atoms with van der Waals surface area (Å²) in [6.07, 6.45) is 5.13. The molecular weight excluding hydrogens is 180 g/mol. The summed E-state index contributed by atoms with van der Waals surface area (Å²) in [5, 5.41) is 6.21. The summed E-state index contributed by atoms with van der Waals surface area (Å²) in [6.45, 7) is 2.70. The van der Waals surface area contributed by atoms with Crippen LogP contribution in [0.2, 0.25) is 0 Å². The first-order valence-corrected chi connectivity index (χ1v) is 4.22. The van der Waals surface area contributed by atoms with Crippen molar-refractivity contribution in [3.63, 3.8) is 0 Å². The molecule has 0 radical (unpaired) electrons. The Balaban J connectivity index is 2.78. The number of hydrogen-bond donors (Lipinski definition) is 2. The fourth-order valence-corrected chi connectivity index (χ4v) is 1.05. The molecule has 1 heterocycles. The topological polar surface area (TPSA) is 75.0 Å². The maximum absolute atomic E-state index is 11.7. The number of terminal acetylenes is 1. The van der Waals surface area contributed by atoms with E-state index in [9.17, 15) is 4.79 Å². The zero-order valence-corrected chi connectivity index (χ0v) is 7.95. The Kier molecular flexibility index (Phi) is 3.13. The van der Waals surface area contributed by atoms with Crippen molar-refractivity contribution >= 4 is 11.7 Å². The number of rotatable bonds is 3. The number of amides is 1. The van der Waals surface area contributed by atoms with Crippen LogP contribution in [0.5, 0.6) is 0 Å². The monoisotopic (exact) mass is 192 g/mol. The van der Waals surface area contributed by atoms with E-state index >= 15 is 0 Å². The van der Waals surface area contributed by atoms with Crippen molar-refractivity contribution < 1.29 is 4.79 Å². The van der Waals surface area contributed by atoms with Crippen LogP contribution >= 0.6 is 0 Å². The molecular formula is C9H12N4O. The smallest absolute Gasteiger partial charge is 0.272 e. The van der Waals surface area contributed by atoms with E-state index in [0.717, 1.165) is 0 Å². The van der Waals surface area contributed by atoms with Crippen LogP contribution in [-0.4, -0.2) is 34.1 Å². The number of aromatic nitrogens is 2. The lowest BCUT2D eigenvalue weighted by atomic mass is 10.3. The highest BCUT2D eigenvalue weighted by Crippen LogP contribution is 2.04. The number of nitrogens with two attached hydrogens (primary N) is 1. The third-order valence-electron chi connectivity index (χ3n) is 1.78. The van der Waals surface area contributed by atoms with Crippen molar-refractivity contribution in [2.24, 2.45) is 0 Å². The van der Waals surface area contributed by atoms with Crippen LogP contribution in [0.15, 0.2) is 6.07 Å². The molecule has 3 N–H and O–H groups in total. The van der Waals surface area contributed by atoms with Crippen molar-refractivity contribution in [2.75, 3.05) is 18.8 Å². The fourth-order valence-electron chi connectivity index (χ4n) is 1.05. The van der Waals surface area contributed by atoms with E-state index in [1.165, 1.54) is 11.0 Å². The Morgan fingerprint density at radius 2 is 2.57 bits per heavy atom. The third kappa shape index (κ3) is 2.04. The highest BCUT2D eigenvalue weighted by Gasteiger charge is 2.14. The van der Waals surface area contributed by atoms with E-state index in [2.05, 4.69) is 16.1 Å². The lowest BCUT2D eigenvalue weighted by Gasteiger charge is -2.16. The van der Waals surface area contributed by atoms with Crippen molar-refractivity contribution in [3.05, 3.63) is 11.8 Å². The van der Waals surface area contributed by atoms with Gasteiger partial charge in [0.05, 0.1) is 6.54 Å². The number of hydrogen-bond acceptors (Lipinski definition) is 3. The van der Waals surface area contributed by atoms with Crippen molar-refractivity contribution in [3.8, 4) is 12.3 Å². The average Bonchev–Trinajstić information content (AvgIpc) is 2.60. The van der Waals surface area contributed by atoms with Gasteiger partial charge in [-0.25, -0.2) is 0 Å². The van der Waals surface area contributed by atoms with Crippen molar-refractivity contribution in [2.45, 2.75) is 6.92 Å². The Bertz CT molecular complexity index is 363. The van der Waals surface area contributed by atoms with Crippen LogP contribution in [0.1, 0.15) is 17.4 Å². The molecule has 0 aliphatic rings. The molecule has 1 aromatic rings. The number of nitrogens with zero attached hydrogens (tertiary/aromatic N) is 2. The highest BCUT2D eigenvalue weighted by molar-refractivity contribution is 5.93. The van der Waals surface area contributed by atoms with Gasteiger partial charge in [-0.15, -0.1) is 6.42 Å². The first-order valence-electron chi connectivity index (χ1n) is 4.22. The molecule has 0 spiro atoms. The fraction of sp³-hybridized carbons (Fsp3) is 0.333. The first kappa shape index (κ1) is 10.1. The standard InChI is InChI=1S/C9H12N4O/c1-3-5-13(4-2)9(14)7-6-8(10)12-11-7/h1,6H,4-5H2,2H3,(H3,10,11,12). The molecule has 0 fully saturated rings. The minimum atomic E-state index is -0.186. The maximum Gasteiger partial charge on any atom is 0.272 e. The zero-order chi connectivity index (χ0) is 10.6. The molecule has 0 unspecified atom stereocenters. The molecule has 0 saturated heterocycles. The molecule has 0 atom stereocenters. The molecule has 74 valence electrons. The van der Waals surface area contributed by atoms with Gasteiger partial charge < -0.3 is 10.6 Å². The number of aromatic amines is 1. The lowest BCUT2D eigenvalue weighted by Crippen LogP contribution is -2.31. The van der Waals surface area contributed by atoms with E-state index in [-0.39, 0.29) is 12.5 Å². The minimum Gasteiger partial charge on any atom is -0.382 e. The molecule has 0 bridgehead atoms. The van der Waals surface area contributed by atoms with Gasteiger partial charge in [0, 0.05) is 12.6 Å². The van der Waals surface area contributed by atoms with Crippen LogP contribution < -0.4 is 5.73 Å². The Labute approximate surface area is 82.3 Å². The summed E-state index contributed by atoms with van der Waals surface area (Å²) in [5.41, 5.74) is 5.74. The van der Waals surface area contributed by atoms with E-state index in [0.29, 0.717) is 18.1 Å². The van der Waals surface area contributed by atoms with E-state index in [1.54, 1.807) is 0 Å². The molecule has 1 rings (SSSR count). The second-order valence-corrected chi connectivity index (χ2v) is 2.73. The number of nitrogen functional groups attached to an aromatic ring is 1. The van der Waals surface area contributed by atoms with Crippen LogP contribution in [0, 0.1) is 12.3 Å². The summed E-state index contributed by atoms with van der Waals surface area (Å²) in [5.74, 6) is 2.53. The molecule has 1 amide bonds. The van der Waals surface area contributed by atoms with Gasteiger partial charge in [-0.1, -0.05) is 5.92 Å². The van der Waals surface area contributed by atoms with Gasteiger partial charge in [0.1, 0.15) is 11.5 Å². The summed E-state index contributed by atoms with van der Waals surface area (Å²) in [6, 6.07) is 1.49. The van der Waals surface area contributed by atoms with Crippen LogP contribution in [-0.2, 0) is 0 Å². The summed E-state index contributed by atoms with van der Waals surface area (Å²) >= 11 is 0. The molecule has 0 aliphatic heterocycles. The van der Waals surface area contributed by atoms with Gasteiger partial charge in [0.25, 0.3) is 5.91 Å². The third-order valence-corrected chi connectivity index (χ3v) is 1.78. The summed E-state index contributed by atoms with van der Waals surface area (Å²) < 4.78 is 0. The van der Waals surface area contributed by atoms with E-state index in [4.69, 9.17) is 12.2 Å². The lowest BCUT2D eigenvalue weighted by molar-refractivity contribution is 0.0779. The summed E-state index contributed by atoms with van der Waals surface area (Å²) in [7, 11) is 0. The Hall–Kier alpha value is -1.96. The molecule has 1 aromatic heterocycles. The first-order chi connectivity index (χ1) is 6.69. The SMILES string of the molecule is C#CCN(CC)C(=O)c1cc(N)n[nH]1. The van der Waals surface area contributed by atoms with Gasteiger partial charge in [0.2, 0.25) is 0 Å². The predicted octanol–water partition coefficient (Wildman–Crippen LogP) is 0.0872. The molecule has 0 aromatic carbocycles. The number of anilines is 1. The number of nitrogens with one attached hydrogen (secondary N) is 1. The second-order valence-electron chi connectivity index (χ2n) is 2.73. The van der Waals surface area contributed by atoms with Gasteiger partial charge in [-0.3, -0.25) is 9.89 Å². The molecule has 5 nitrogen and oxygen atoms in total. The molecule has 5 heteroatoms. The quantitative estimate of drug-likeness (QED) is 0.666. The van der Waals surface area contributed by atoms with E-state index < -0.39 is 0 Å². The normalized spacial score (nSPS) is 9.43. The Morgan fingerprint density at radius 1 is 1.86 bits per heavy atom. The number of H-pyrrole nitrogens is 1. The molecule has 14 heavy (non-hydrogen) atoms. The highest BCUT2D eigenvalue weighted by atomic mass is 16.2. The maximum atomic E-state index is 11.7. The van der Waals surface area contributed by atoms with E-state index in [1.807, 2.05) is 6.92 Å². The number of carbonyl (C=O) groups is 1. The van der Waals surface area contributed by atoms with Gasteiger partial charge >= 0.3 is 0 Å².